The third kappa shape index (κ3) is 4.98. The van der Waals surface area contributed by atoms with Gasteiger partial charge in [0, 0.05) is 30.8 Å². The van der Waals surface area contributed by atoms with Gasteiger partial charge in [0.05, 0.1) is 37.6 Å². The number of benzene rings is 1. The van der Waals surface area contributed by atoms with Crippen molar-refractivity contribution in [3.05, 3.63) is 48.5 Å². The molecule has 8 atom stereocenters. The van der Waals surface area contributed by atoms with E-state index in [0.29, 0.717) is 5.56 Å². The molecule has 2 saturated heterocycles. The molecular weight excluding hydrogens is 420 g/mol. The molecule has 2 aromatic rings. The van der Waals surface area contributed by atoms with Crippen molar-refractivity contribution in [1.82, 2.24) is 9.97 Å². The summed E-state index contributed by atoms with van der Waals surface area (Å²) in [6.45, 7) is -0.622. The van der Waals surface area contributed by atoms with Gasteiger partial charge in [-0.15, -0.1) is 0 Å². The van der Waals surface area contributed by atoms with Crippen LogP contribution >= 0.6 is 0 Å². The second kappa shape index (κ2) is 10.3. The van der Waals surface area contributed by atoms with Crippen molar-refractivity contribution in [3.63, 3.8) is 0 Å². The number of aromatic nitrogens is 2. The van der Waals surface area contributed by atoms with Crippen LogP contribution in [0.5, 0.6) is 0 Å². The van der Waals surface area contributed by atoms with Crippen LogP contribution in [-0.2, 0) is 14.2 Å². The number of ether oxygens (including phenoxy) is 3. The minimum Gasteiger partial charge on any atom is -0.394 e. The number of aliphatic hydroxyl groups is 5. The number of nitrogens with zero attached hydrogens (tertiary/aromatic N) is 2. The summed E-state index contributed by atoms with van der Waals surface area (Å²) in [7, 11) is 0. The molecule has 5 N–H and O–H groups in total. The molecule has 0 aliphatic carbocycles. The van der Waals surface area contributed by atoms with Crippen molar-refractivity contribution in [1.29, 1.82) is 0 Å². The highest BCUT2D eigenvalue weighted by Gasteiger charge is 2.44. The lowest BCUT2D eigenvalue weighted by molar-refractivity contribution is -0.309. The highest BCUT2D eigenvalue weighted by atomic mass is 16.7. The normalized spacial score (nSPS) is 35.5. The Morgan fingerprint density at radius 2 is 1.62 bits per heavy atom. The van der Waals surface area contributed by atoms with Crippen molar-refractivity contribution in [2.45, 2.75) is 61.9 Å². The molecule has 0 amide bonds. The number of rotatable bonds is 6. The Balaban J connectivity index is 1.55. The second-order valence-electron chi connectivity index (χ2n) is 8.12. The summed E-state index contributed by atoms with van der Waals surface area (Å²) in [6.07, 6.45) is -2.77. The molecule has 0 spiro atoms. The van der Waals surface area contributed by atoms with E-state index < -0.39 is 49.0 Å². The monoisotopic (exact) mass is 448 g/mol. The predicted molar refractivity (Wildman–Crippen MR) is 110 cm³/mol. The van der Waals surface area contributed by atoms with E-state index in [1.165, 1.54) is 6.33 Å². The second-order valence-corrected chi connectivity index (χ2v) is 8.12. The van der Waals surface area contributed by atoms with Crippen LogP contribution in [0, 0.1) is 0 Å². The van der Waals surface area contributed by atoms with Crippen LogP contribution in [-0.4, -0.2) is 91.6 Å². The molecule has 10 nitrogen and oxygen atoms in total. The standard InChI is InChI=1S/C22H28N2O8/c25-9-15-5-17(27)19(28)22(31-15)32-18-6-16(10-26)30-21(20(18)29)13-3-1-2-12(4-13)14-7-23-11-24-8-14/h1-4,7-8,11,15-22,25-29H,5-6,9-10H2. The van der Waals surface area contributed by atoms with Crippen LogP contribution in [0.2, 0.25) is 0 Å². The van der Waals surface area contributed by atoms with E-state index in [1.54, 1.807) is 18.5 Å². The average molecular weight is 448 g/mol. The van der Waals surface area contributed by atoms with Gasteiger partial charge in [-0.05, 0) is 17.2 Å². The molecule has 4 rings (SSSR count). The van der Waals surface area contributed by atoms with E-state index in [4.69, 9.17) is 14.2 Å². The topological polar surface area (TPSA) is 155 Å². The lowest BCUT2D eigenvalue weighted by Gasteiger charge is -2.43. The first-order valence-electron chi connectivity index (χ1n) is 10.6. The fourth-order valence-corrected chi connectivity index (χ4v) is 4.13. The highest BCUT2D eigenvalue weighted by Crippen LogP contribution is 2.36. The molecule has 2 aliphatic heterocycles. The maximum atomic E-state index is 11.1. The van der Waals surface area contributed by atoms with Gasteiger partial charge in [-0.3, -0.25) is 0 Å². The van der Waals surface area contributed by atoms with E-state index in [0.717, 1.165) is 11.1 Å². The van der Waals surface area contributed by atoms with Gasteiger partial charge in [-0.2, -0.15) is 0 Å². The molecule has 3 heterocycles. The zero-order valence-electron chi connectivity index (χ0n) is 17.3. The van der Waals surface area contributed by atoms with Gasteiger partial charge in [0.15, 0.2) is 6.29 Å². The largest absolute Gasteiger partial charge is 0.394 e. The first-order chi connectivity index (χ1) is 15.5. The Bertz CT molecular complexity index is 872. The van der Waals surface area contributed by atoms with Crippen LogP contribution in [0.4, 0.5) is 0 Å². The summed E-state index contributed by atoms with van der Waals surface area (Å²) in [5.41, 5.74) is 2.31. The van der Waals surface area contributed by atoms with E-state index in [-0.39, 0.29) is 26.1 Å². The van der Waals surface area contributed by atoms with Gasteiger partial charge in [-0.1, -0.05) is 18.2 Å². The van der Waals surface area contributed by atoms with Gasteiger partial charge >= 0.3 is 0 Å². The Morgan fingerprint density at radius 3 is 2.34 bits per heavy atom. The lowest BCUT2D eigenvalue weighted by Crippen LogP contribution is -2.54. The molecular formula is C22H28N2O8. The van der Waals surface area contributed by atoms with E-state index in [9.17, 15) is 25.5 Å². The highest BCUT2D eigenvalue weighted by molar-refractivity contribution is 5.62. The third-order valence-electron chi connectivity index (χ3n) is 5.85. The van der Waals surface area contributed by atoms with Crippen LogP contribution in [0.3, 0.4) is 0 Å². The van der Waals surface area contributed by atoms with E-state index >= 15 is 0 Å². The Labute approximate surface area is 185 Å². The number of hydrogen-bond donors (Lipinski definition) is 5. The Kier molecular flexibility index (Phi) is 7.44. The summed E-state index contributed by atoms with van der Waals surface area (Å²) < 4.78 is 17.3. The molecule has 2 fully saturated rings. The molecule has 8 unspecified atom stereocenters. The molecule has 1 aromatic carbocycles. The zero-order chi connectivity index (χ0) is 22.7. The van der Waals surface area contributed by atoms with Crippen LogP contribution in [0.25, 0.3) is 11.1 Å². The summed E-state index contributed by atoms with van der Waals surface area (Å²) in [5.74, 6) is 0. The predicted octanol–water partition coefficient (Wildman–Crippen LogP) is -0.459. The first kappa shape index (κ1) is 23.1. The van der Waals surface area contributed by atoms with E-state index in [2.05, 4.69) is 9.97 Å². The minimum atomic E-state index is -1.33. The molecule has 174 valence electrons. The van der Waals surface area contributed by atoms with Crippen LogP contribution in [0.15, 0.2) is 43.0 Å². The molecule has 1 aromatic heterocycles. The molecule has 32 heavy (non-hydrogen) atoms. The Morgan fingerprint density at radius 1 is 0.906 bits per heavy atom. The van der Waals surface area contributed by atoms with Gasteiger partial charge in [0.2, 0.25) is 0 Å². The van der Waals surface area contributed by atoms with E-state index in [1.807, 2.05) is 18.2 Å². The summed E-state index contributed by atoms with van der Waals surface area (Å²) in [4.78, 5) is 8.05. The molecule has 0 radical (unpaired) electrons. The van der Waals surface area contributed by atoms with Gasteiger partial charge in [0.1, 0.15) is 24.6 Å². The molecule has 10 heteroatoms. The summed E-state index contributed by atoms with van der Waals surface area (Å²) in [5, 5.41) is 50.5. The molecule has 2 aliphatic rings. The van der Waals surface area contributed by atoms with Crippen LogP contribution < -0.4 is 0 Å². The third-order valence-corrected chi connectivity index (χ3v) is 5.85. The molecule has 0 bridgehead atoms. The van der Waals surface area contributed by atoms with Crippen molar-refractivity contribution in [3.8, 4) is 11.1 Å². The minimum absolute atomic E-state index is 0.0751. The number of hydrogen-bond acceptors (Lipinski definition) is 10. The fourth-order valence-electron chi connectivity index (χ4n) is 4.13. The number of aliphatic hydroxyl groups excluding tert-OH is 5. The smallest absolute Gasteiger partial charge is 0.186 e. The van der Waals surface area contributed by atoms with Gasteiger partial charge in [-0.25, -0.2) is 9.97 Å². The zero-order valence-corrected chi connectivity index (χ0v) is 17.3. The van der Waals surface area contributed by atoms with Crippen molar-refractivity contribution >= 4 is 0 Å². The van der Waals surface area contributed by atoms with Crippen molar-refractivity contribution in [2.75, 3.05) is 13.2 Å². The van der Waals surface area contributed by atoms with Crippen molar-refractivity contribution in [2.24, 2.45) is 0 Å². The fraction of sp³-hybridized carbons (Fsp3) is 0.545. The average Bonchev–Trinajstić information content (AvgIpc) is 2.83. The maximum absolute atomic E-state index is 11.1. The van der Waals surface area contributed by atoms with Crippen LogP contribution in [0.1, 0.15) is 24.5 Å². The maximum Gasteiger partial charge on any atom is 0.186 e. The lowest BCUT2D eigenvalue weighted by atomic mass is 9.91. The van der Waals surface area contributed by atoms with Gasteiger partial charge < -0.3 is 39.7 Å². The van der Waals surface area contributed by atoms with Gasteiger partial charge in [0.25, 0.3) is 0 Å². The SMILES string of the molecule is OCC1CC(O)C(O)C(OC2CC(CO)OC(c3cccc(-c4cncnc4)c3)C2O)O1. The summed E-state index contributed by atoms with van der Waals surface area (Å²) in [6, 6.07) is 7.36. The molecule has 0 saturated carbocycles. The summed E-state index contributed by atoms with van der Waals surface area (Å²) >= 11 is 0. The first-order valence-corrected chi connectivity index (χ1v) is 10.6. The quantitative estimate of drug-likeness (QED) is 0.392. The van der Waals surface area contributed by atoms with Crippen molar-refractivity contribution < 1.29 is 39.7 Å². The Hall–Kier alpha value is -2.02.